The van der Waals surface area contributed by atoms with E-state index >= 15 is 0 Å². The zero-order valence-electron chi connectivity index (χ0n) is 23.6. The first kappa shape index (κ1) is 28.3. The van der Waals surface area contributed by atoms with Crippen LogP contribution >= 0.6 is 0 Å². The van der Waals surface area contributed by atoms with Crippen LogP contribution in [0.3, 0.4) is 0 Å². The second-order valence-corrected chi connectivity index (χ2v) is 9.95. The summed E-state index contributed by atoms with van der Waals surface area (Å²) in [6, 6.07) is 20.1. The molecule has 0 N–H and O–H groups in total. The number of carbonyl (C=O) groups excluding carboxylic acids is 1. The van der Waals surface area contributed by atoms with Gasteiger partial charge in [0, 0.05) is 19.6 Å². The lowest BCUT2D eigenvalue weighted by atomic mass is 10.0. The van der Waals surface area contributed by atoms with Crippen LogP contribution in [-0.2, 0) is 30.7 Å². The lowest BCUT2D eigenvalue weighted by Crippen LogP contribution is -2.35. The molecule has 0 bridgehead atoms. The first-order valence-electron chi connectivity index (χ1n) is 13.5. The van der Waals surface area contributed by atoms with Gasteiger partial charge in [-0.25, -0.2) is 0 Å². The number of ether oxygens (including phenoxy) is 4. The van der Waals surface area contributed by atoms with Crippen LogP contribution < -0.4 is 18.9 Å². The summed E-state index contributed by atoms with van der Waals surface area (Å²) in [5.74, 6) is 3.05. The molecular weight excluding hydrogens is 492 g/mol. The second-order valence-electron chi connectivity index (χ2n) is 9.95. The summed E-state index contributed by atoms with van der Waals surface area (Å²) in [4.78, 5) is 17.5. The van der Waals surface area contributed by atoms with Crippen LogP contribution in [0.15, 0.2) is 60.7 Å². The number of fused-ring (bicyclic) bond motifs is 1. The standard InChI is InChI=1S/C32H40N2O5/c1-33(17-13-24-11-12-28(36-2)29(19-24)37-3)15-8-16-34-18-14-26-20-30(38-4)31(21-27(26)22-32(34)35)39-23-25-9-6-5-7-10-25/h5-7,9-12,19-21H,8,13-18,22-23H2,1-4H3. The fourth-order valence-electron chi connectivity index (χ4n) is 4.94. The maximum atomic E-state index is 13.1. The molecule has 3 aromatic rings. The van der Waals surface area contributed by atoms with E-state index in [0.29, 0.717) is 31.1 Å². The molecule has 0 atom stereocenters. The number of hydrogen-bond acceptors (Lipinski definition) is 6. The van der Waals surface area contributed by atoms with Crippen molar-refractivity contribution < 1.29 is 23.7 Å². The Kier molecular flexibility index (Phi) is 10.1. The Morgan fingerprint density at radius 3 is 2.26 bits per heavy atom. The van der Waals surface area contributed by atoms with Crippen LogP contribution in [0.5, 0.6) is 23.0 Å². The monoisotopic (exact) mass is 532 g/mol. The van der Waals surface area contributed by atoms with E-state index in [9.17, 15) is 4.79 Å². The number of nitrogens with zero attached hydrogens (tertiary/aromatic N) is 2. The summed E-state index contributed by atoms with van der Waals surface area (Å²) in [6.07, 6.45) is 3.05. The van der Waals surface area contributed by atoms with Crippen LogP contribution in [-0.4, -0.2) is 70.3 Å². The van der Waals surface area contributed by atoms with Crippen LogP contribution in [0.1, 0.15) is 28.7 Å². The molecular formula is C32H40N2O5. The lowest BCUT2D eigenvalue weighted by Gasteiger charge is -2.23. The summed E-state index contributed by atoms with van der Waals surface area (Å²) in [5.41, 5.74) is 4.48. The fourth-order valence-corrected chi connectivity index (χ4v) is 4.94. The number of hydrogen-bond donors (Lipinski definition) is 0. The van der Waals surface area contributed by atoms with Crippen molar-refractivity contribution in [3.8, 4) is 23.0 Å². The molecule has 0 saturated carbocycles. The Labute approximate surface area is 232 Å². The Morgan fingerprint density at radius 1 is 0.795 bits per heavy atom. The van der Waals surface area contributed by atoms with Gasteiger partial charge >= 0.3 is 0 Å². The fraction of sp³-hybridized carbons (Fsp3) is 0.406. The van der Waals surface area contributed by atoms with E-state index in [1.807, 2.05) is 59.5 Å². The third-order valence-corrected chi connectivity index (χ3v) is 7.27. The highest BCUT2D eigenvalue weighted by molar-refractivity contribution is 5.80. The van der Waals surface area contributed by atoms with Gasteiger partial charge in [-0.05, 0) is 79.4 Å². The van der Waals surface area contributed by atoms with Crippen LogP contribution in [0.25, 0.3) is 0 Å². The van der Waals surface area contributed by atoms with Crippen LogP contribution in [0.4, 0.5) is 0 Å². The molecule has 208 valence electrons. The van der Waals surface area contributed by atoms with Crippen molar-refractivity contribution in [2.75, 3.05) is 54.6 Å². The maximum Gasteiger partial charge on any atom is 0.227 e. The summed E-state index contributed by atoms with van der Waals surface area (Å²) in [6.45, 7) is 3.78. The van der Waals surface area contributed by atoms with Gasteiger partial charge in [0.05, 0.1) is 27.8 Å². The van der Waals surface area contributed by atoms with E-state index in [-0.39, 0.29) is 5.91 Å². The Balaban J connectivity index is 1.27. The minimum Gasteiger partial charge on any atom is -0.493 e. The summed E-state index contributed by atoms with van der Waals surface area (Å²) < 4.78 is 22.5. The Bertz CT molecular complexity index is 1230. The summed E-state index contributed by atoms with van der Waals surface area (Å²) >= 11 is 0. The minimum absolute atomic E-state index is 0.168. The van der Waals surface area contributed by atoms with Crippen LogP contribution in [0.2, 0.25) is 0 Å². The first-order chi connectivity index (χ1) is 19.0. The highest BCUT2D eigenvalue weighted by atomic mass is 16.5. The van der Waals surface area contributed by atoms with Crippen molar-refractivity contribution in [3.63, 3.8) is 0 Å². The molecule has 0 saturated heterocycles. The topological polar surface area (TPSA) is 60.5 Å². The molecule has 7 nitrogen and oxygen atoms in total. The molecule has 7 heteroatoms. The molecule has 0 spiro atoms. The van der Waals surface area contributed by atoms with E-state index in [1.165, 1.54) is 5.56 Å². The smallest absolute Gasteiger partial charge is 0.227 e. The van der Waals surface area contributed by atoms with Gasteiger partial charge in [0.15, 0.2) is 23.0 Å². The summed E-state index contributed by atoms with van der Waals surface area (Å²) in [7, 11) is 7.09. The van der Waals surface area contributed by atoms with Gasteiger partial charge < -0.3 is 28.7 Å². The molecule has 1 aliphatic heterocycles. The molecule has 1 amide bonds. The average molecular weight is 533 g/mol. The number of benzene rings is 3. The molecule has 0 unspecified atom stereocenters. The molecule has 0 radical (unpaired) electrons. The Hall–Kier alpha value is -3.71. The highest BCUT2D eigenvalue weighted by Crippen LogP contribution is 2.33. The van der Waals surface area contributed by atoms with Crippen molar-refractivity contribution in [1.29, 1.82) is 0 Å². The van der Waals surface area contributed by atoms with Gasteiger partial charge in [-0.1, -0.05) is 36.4 Å². The van der Waals surface area contributed by atoms with E-state index in [1.54, 1.807) is 21.3 Å². The number of methoxy groups -OCH3 is 3. The van der Waals surface area contributed by atoms with Gasteiger partial charge in [-0.15, -0.1) is 0 Å². The van der Waals surface area contributed by atoms with Crippen molar-refractivity contribution in [2.24, 2.45) is 0 Å². The first-order valence-corrected chi connectivity index (χ1v) is 13.5. The Morgan fingerprint density at radius 2 is 1.51 bits per heavy atom. The average Bonchev–Trinajstić information content (AvgIpc) is 3.12. The third-order valence-electron chi connectivity index (χ3n) is 7.27. The molecule has 0 aliphatic carbocycles. The molecule has 1 aliphatic rings. The molecule has 0 fully saturated rings. The molecule has 1 heterocycles. The molecule has 39 heavy (non-hydrogen) atoms. The summed E-state index contributed by atoms with van der Waals surface area (Å²) in [5, 5.41) is 0. The van der Waals surface area contributed by atoms with Gasteiger partial charge in [-0.2, -0.15) is 0 Å². The largest absolute Gasteiger partial charge is 0.493 e. The van der Waals surface area contributed by atoms with E-state index < -0.39 is 0 Å². The van der Waals surface area contributed by atoms with E-state index in [4.69, 9.17) is 18.9 Å². The third kappa shape index (κ3) is 7.67. The van der Waals surface area contributed by atoms with Gasteiger partial charge in [-0.3, -0.25) is 4.79 Å². The quantitative estimate of drug-likeness (QED) is 0.316. The highest BCUT2D eigenvalue weighted by Gasteiger charge is 2.23. The molecule has 4 rings (SSSR count). The van der Waals surface area contributed by atoms with Crippen LogP contribution in [0, 0.1) is 0 Å². The van der Waals surface area contributed by atoms with Gasteiger partial charge in [0.25, 0.3) is 0 Å². The van der Waals surface area contributed by atoms with Crippen molar-refractivity contribution >= 4 is 5.91 Å². The normalized spacial score (nSPS) is 13.2. The minimum atomic E-state index is 0.168. The van der Waals surface area contributed by atoms with E-state index in [0.717, 1.165) is 67.1 Å². The van der Waals surface area contributed by atoms with Gasteiger partial charge in [0.1, 0.15) is 6.61 Å². The van der Waals surface area contributed by atoms with Crippen molar-refractivity contribution in [3.05, 3.63) is 82.9 Å². The predicted octanol–water partition coefficient (Wildman–Crippen LogP) is 4.78. The zero-order valence-corrected chi connectivity index (χ0v) is 23.6. The molecule has 0 aromatic heterocycles. The molecule has 3 aromatic carbocycles. The lowest BCUT2D eigenvalue weighted by molar-refractivity contribution is -0.130. The van der Waals surface area contributed by atoms with Gasteiger partial charge in [0.2, 0.25) is 5.91 Å². The zero-order chi connectivity index (χ0) is 27.6. The van der Waals surface area contributed by atoms with Crippen molar-refractivity contribution in [1.82, 2.24) is 9.80 Å². The SMILES string of the molecule is COc1ccc(CCN(C)CCCN2CCc3cc(OC)c(OCc4ccccc4)cc3CC2=O)cc1OC. The number of amides is 1. The number of rotatable bonds is 13. The number of likely N-dealkylation sites (N-methyl/N-ethyl adjacent to an activating group) is 1. The number of carbonyl (C=O) groups is 1. The second kappa shape index (κ2) is 13.9. The van der Waals surface area contributed by atoms with E-state index in [2.05, 4.69) is 18.0 Å². The van der Waals surface area contributed by atoms with Crippen molar-refractivity contribution in [2.45, 2.75) is 32.3 Å². The predicted molar refractivity (Wildman–Crippen MR) is 153 cm³/mol. The maximum absolute atomic E-state index is 13.1.